The molecule has 13 nitrogen and oxygen atoms in total. The van der Waals surface area contributed by atoms with Crippen molar-refractivity contribution < 1.29 is 33.4 Å². The third-order valence-corrected chi connectivity index (χ3v) is 11.1. The summed E-state index contributed by atoms with van der Waals surface area (Å²) in [6.07, 6.45) is 4.76. The molecule has 4 fully saturated rings. The first-order valence-corrected chi connectivity index (χ1v) is 19.1. The smallest absolute Gasteiger partial charge is 0.334 e. The van der Waals surface area contributed by atoms with Crippen LogP contribution in [0, 0.1) is 5.41 Å². The third kappa shape index (κ3) is 6.18. The highest BCUT2D eigenvalue weighted by Gasteiger charge is 2.68. The van der Waals surface area contributed by atoms with Crippen molar-refractivity contribution in [2.45, 2.75) is 95.6 Å². The molecule has 2 aliphatic heterocycles. The van der Waals surface area contributed by atoms with Gasteiger partial charge in [0.25, 0.3) is 17.7 Å². The summed E-state index contributed by atoms with van der Waals surface area (Å²) >= 11 is 0. The summed E-state index contributed by atoms with van der Waals surface area (Å²) in [5.41, 5.74) is 9.96. The number of urea groups is 2. The van der Waals surface area contributed by atoms with Crippen LogP contribution in [0.4, 0.5) is 9.59 Å². The van der Waals surface area contributed by atoms with E-state index in [0.29, 0.717) is 64.7 Å². The molecule has 0 bridgehead atoms. The van der Waals surface area contributed by atoms with Gasteiger partial charge in [0.1, 0.15) is 23.7 Å². The molecule has 7 amide bonds. The van der Waals surface area contributed by atoms with Crippen LogP contribution in [0.25, 0.3) is 0 Å². The predicted octanol–water partition coefficient (Wildman–Crippen LogP) is 2.39. The third-order valence-electron chi connectivity index (χ3n) is 9.43. The summed E-state index contributed by atoms with van der Waals surface area (Å²) in [5.74, 6) is -2.12. The Morgan fingerprint density at radius 2 is 1.58 bits per heavy atom. The number of unbranched alkanes of at least 4 members (excludes halogenated alkanes) is 1. The molecule has 0 aromatic carbocycles. The van der Waals surface area contributed by atoms with Crippen LogP contribution in [0.2, 0.25) is 25.7 Å². The van der Waals surface area contributed by atoms with Crippen molar-refractivity contribution in [1.29, 1.82) is 0 Å². The van der Waals surface area contributed by atoms with E-state index in [1.54, 1.807) is 12.0 Å². The number of barbiturate groups is 1. The molecular weight excluding hydrogens is 572 g/mol. The quantitative estimate of drug-likeness (QED) is 0.109. The van der Waals surface area contributed by atoms with E-state index in [1.165, 1.54) is 4.90 Å². The van der Waals surface area contributed by atoms with E-state index in [4.69, 9.17) is 20.9 Å². The van der Waals surface area contributed by atoms with Crippen LogP contribution >= 0.6 is 0 Å². The van der Waals surface area contributed by atoms with Crippen molar-refractivity contribution >= 4 is 37.9 Å². The van der Waals surface area contributed by atoms with Crippen molar-refractivity contribution in [3.05, 3.63) is 11.4 Å². The highest BCUT2D eigenvalue weighted by molar-refractivity contribution is 6.76. The topological polar surface area (TPSA) is 169 Å². The van der Waals surface area contributed by atoms with Crippen molar-refractivity contribution in [3.63, 3.8) is 0 Å². The maximum Gasteiger partial charge on any atom is 0.334 e. The minimum absolute atomic E-state index is 0.0605. The number of amides is 7. The molecular formula is C29H48N6O7Si. The van der Waals surface area contributed by atoms with Gasteiger partial charge in [-0.2, -0.15) is 0 Å². The summed E-state index contributed by atoms with van der Waals surface area (Å²) in [5, 5.41) is 0. The minimum Gasteiger partial charge on any atom is -0.385 e. The maximum absolute atomic E-state index is 13.7. The molecule has 4 aliphatic rings. The summed E-state index contributed by atoms with van der Waals surface area (Å²) in [7, 11) is 0.244. The van der Waals surface area contributed by atoms with Gasteiger partial charge in [-0.05, 0) is 56.4 Å². The number of imide groups is 3. The molecule has 0 radical (unpaired) electrons. The molecule has 4 rings (SSSR count). The number of hydrogen-bond acceptors (Lipinski definition) is 9. The summed E-state index contributed by atoms with van der Waals surface area (Å²) in [6, 6.07) is -0.464. The van der Waals surface area contributed by atoms with Gasteiger partial charge < -0.3 is 25.8 Å². The number of methoxy groups -OCH3 is 1. The lowest BCUT2D eigenvalue weighted by Gasteiger charge is -2.59. The van der Waals surface area contributed by atoms with E-state index < -0.39 is 43.3 Å². The van der Waals surface area contributed by atoms with Crippen molar-refractivity contribution in [3.8, 4) is 0 Å². The summed E-state index contributed by atoms with van der Waals surface area (Å²) < 4.78 is 11.1. The maximum atomic E-state index is 13.7. The Bertz CT molecular complexity index is 1160. The Labute approximate surface area is 254 Å². The van der Waals surface area contributed by atoms with E-state index in [1.807, 2.05) is 6.92 Å². The van der Waals surface area contributed by atoms with Gasteiger partial charge in [-0.25, -0.2) is 14.5 Å². The lowest BCUT2D eigenvalue weighted by molar-refractivity contribution is -0.153. The molecule has 4 N–H and O–H groups in total. The fourth-order valence-electron chi connectivity index (χ4n) is 7.01. The first-order valence-electron chi connectivity index (χ1n) is 15.4. The Balaban J connectivity index is 1.45. The fourth-order valence-corrected chi connectivity index (χ4v) is 7.77. The molecule has 2 heterocycles. The van der Waals surface area contributed by atoms with E-state index >= 15 is 0 Å². The molecule has 2 saturated carbocycles. The van der Waals surface area contributed by atoms with Gasteiger partial charge in [-0.3, -0.25) is 24.2 Å². The molecule has 2 aliphatic carbocycles. The molecule has 240 valence electrons. The zero-order chi connectivity index (χ0) is 31.7. The second kappa shape index (κ2) is 12.6. The molecule has 14 heteroatoms. The Morgan fingerprint density at radius 3 is 2.14 bits per heavy atom. The molecule has 0 aromatic heterocycles. The lowest BCUT2D eigenvalue weighted by atomic mass is 9.51. The van der Waals surface area contributed by atoms with Gasteiger partial charge in [0.2, 0.25) is 0 Å². The van der Waals surface area contributed by atoms with Gasteiger partial charge in [0, 0.05) is 40.9 Å². The van der Waals surface area contributed by atoms with E-state index in [2.05, 4.69) is 19.6 Å². The fraction of sp³-hybridized carbons (Fsp3) is 0.759. The second-order valence-electron chi connectivity index (χ2n) is 13.7. The SMILES string of the molecule is CCCCN1C(=O)C(=C(N)N)C(=O)N(C2CCC3(CC2)CC2(C3)C(=O)N(COCC[Si](C)(C)C)C(=O)N2CCOC)C1=O. The van der Waals surface area contributed by atoms with E-state index in [-0.39, 0.29) is 36.2 Å². The predicted molar refractivity (Wildman–Crippen MR) is 161 cm³/mol. The molecule has 2 saturated heterocycles. The largest absolute Gasteiger partial charge is 0.385 e. The highest BCUT2D eigenvalue weighted by Crippen LogP contribution is 2.61. The number of carbonyl (C=O) groups is 5. The molecule has 0 atom stereocenters. The van der Waals surface area contributed by atoms with Gasteiger partial charge in [-0.15, -0.1) is 0 Å². The lowest BCUT2D eigenvalue weighted by Crippen LogP contribution is -2.66. The first-order chi connectivity index (χ1) is 20.2. The van der Waals surface area contributed by atoms with Crippen molar-refractivity contribution in [2.24, 2.45) is 16.9 Å². The van der Waals surface area contributed by atoms with Crippen LogP contribution in [-0.4, -0.2) is 109 Å². The van der Waals surface area contributed by atoms with Crippen LogP contribution in [-0.2, 0) is 23.9 Å². The molecule has 43 heavy (non-hydrogen) atoms. The van der Waals surface area contributed by atoms with Crippen molar-refractivity contribution in [1.82, 2.24) is 19.6 Å². The van der Waals surface area contributed by atoms with Gasteiger partial charge in [0.15, 0.2) is 0 Å². The molecule has 2 spiro atoms. The van der Waals surface area contributed by atoms with Crippen LogP contribution in [0.5, 0.6) is 0 Å². The van der Waals surface area contributed by atoms with Gasteiger partial charge in [0.05, 0.1) is 6.61 Å². The van der Waals surface area contributed by atoms with Crippen LogP contribution in [0.3, 0.4) is 0 Å². The van der Waals surface area contributed by atoms with Crippen LogP contribution in [0.1, 0.15) is 58.3 Å². The van der Waals surface area contributed by atoms with E-state index in [9.17, 15) is 24.0 Å². The number of hydrogen-bond donors (Lipinski definition) is 2. The zero-order valence-electron chi connectivity index (χ0n) is 26.3. The van der Waals surface area contributed by atoms with Gasteiger partial charge in [-0.1, -0.05) is 33.0 Å². The van der Waals surface area contributed by atoms with Crippen LogP contribution in [0.15, 0.2) is 11.4 Å². The first kappa shape index (κ1) is 32.9. The summed E-state index contributed by atoms with van der Waals surface area (Å²) in [6.45, 7) is 9.92. The second-order valence-corrected chi connectivity index (χ2v) is 19.3. The van der Waals surface area contributed by atoms with Gasteiger partial charge >= 0.3 is 12.1 Å². The van der Waals surface area contributed by atoms with Crippen molar-refractivity contribution in [2.75, 3.05) is 40.1 Å². The Kier molecular flexibility index (Phi) is 9.62. The molecule has 0 aromatic rings. The zero-order valence-corrected chi connectivity index (χ0v) is 27.3. The molecule has 0 unspecified atom stereocenters. The average Bonchev–Trinajstić information content (AvgIpc) is 3.10. The number of nitrogens with two attached hydrogens (primary N) is 2. The Hall–Kier alpha value is -2.97. The van der Waals surface area contributed by atoms with Crippen LogP contribution < -0.4 is 11.5 Å². The minimum atomic E-state index is -1.32. The monoisotopic (exact) mass is 620 g/mol. The average molecular weight is 621 g/mol. The standard InChI is InChI=1S/C29H48N6O7Si/c1-6-7-12-32-23(36)21(22(30)31)24(37)35(27(32)40)20-8-10-28(11-9-20)17-29(18-28)25(38)33(19-42-15-16-43(3,4)5)26(39)34(29)13-14-41-2/h20H,6-19,30-31H2,1-5H3. The van der Waals surface area contributed by atoms with E-state index in [0.717, 1.165) is 22.3 Å². The number of ether oxygens (including phenoxy) is 2. The number of carbonyl (C=O) groups excluding carboxylic acids is 5. The number of rotatable bonds is 12. The Morgan fingerprint density at radius 1 is 0.930 bits per heavy atom. The number of nitrogens with zero attached hydrogens (tertiary/aromatic N) is 4. The highest BCUT2D eigenvalue weighted by atomic mass is 28.3. The summed E-state index contributed by atoms with van der Waals surface area (Å²) in [4.78, 5) is 71.8. The normalized spacial score (nSPS) is 28.2.